The predicted octanol–water partition coefficient (Wildman–Crippen LogP) is 0.588. The van der Waals surface area contributed by atoms with Crippen LogP contribution in [0.1, 0.15) is 34.5 Å². The normalized spacial score (nSPS) is 20.5. The highest BCUT2D eigenvalue weighted by Crippen LogP contribution is 2.37. The zero-order valence-corrected chi connectivity index (χ0v) is 12.6. The van der Waals surface area contributed by atoms with Crippen LogP contribution in [0.15, 0.2) is 17.2 Å². The summed E-state index contributed by atoms with van der Waals surface area (Å²) in [6.07, 6.45) is 1.36. The van der Waals surface area contributed by atoms with E-state index in [4.69, 9.17) is 5.73 Å². The summed E-state index contributed by atoms with van der Waals surface area (Å²) in [5, 5.41) is 4.81. The third-order valence-electron chi connectivity index (χ3n) is 4.96. The summed E-state index contributed by atoms with van der Waals surface area (Å²) < 4.78 is 13.8. The largest absolute Gasteiger partial charge is 0.356 e. The number of carbonyl (C=O) groups excluding carboxylic acids is 2. The lowest BCUT2D eigenvalue weighted by Gasteiger charge is -2.30. The Labute approximate surface area is 135 Å². The topological polar surface area (TPSA) is 104 Å². The maximum absolute atomic E-state index is 13.8. The molecule has 0 saturated heterocycles. The molecule has 0 atom stereocenters. The first kappa shape index (κ1) is 13.7. The standard InChI is InChI=1S/C16H14FN5O2/c17-7-3-8-12-9(4-7)19-10-5-22(15(24)16(18)1-2-16)6-11(13(10)12)20-21-14(8)23/h3-4,19H,1-2,5-6,18H2,(H,21,23). The number of nitrogens with one attached hydrogen (secondary N) is 2. The van der Waals surface area contributed by atoms with Crippen LogP contribution in [0.2, 0.25) is 0 Å². The molecule has 24 heavy (non-hydrogen) atoms. The second-order valence-electron chi connectivity index (χ2n) is 6.67. The maximum atomic E-state index is 13.8. The second kappa shape index (κ2) is 4.21. The molecule has 7 nitrogen and oxygen atoms in total. The van der Waals surface area contributed by atoms with Gasteiger partial charge in [-0.1, -0.05) is 0 Å². The molecular formula is C16H14FN5O2. The van der Waals surface area contributed by atoms with E-state index >= 15 is 0 Å². The van der Waals surface area contributed by atoms with Gasteiger partial charge >= 0.3 is 0 Å². The molecule has 2 aliphatic heterocycles. The summed E-state index contributed by atoms with van der Waals surface area (Å²) in [7, 11) is 0. The number of amides is 2. The van der Waals surface area contributed by atoms with E-state index in [1.54, 1.807) is 4.90 Å². The first-order valence-electron chi connectivity index (χ1n) is 7.76. The first-order valence-corrected chi connectivity index (χ1v) is 7.76. The lowest BCUT2D eigenvalue weighted by atomic mass is 9.97. The number of aromatic nitrogens is 1. The number of carbonyl (C=O) groups is 2. The van der Waals surface area contributed by atoms with Gasteiger partial charge in [0.25, 0.3) is 5.91 Å². The van der Waals surface area contributed by atoms with Crippen molar-refractivity contribution in [1.82, 2.24) is 15.3 Å². The Bertz CT molecular complexity index is 972. The van der Waals surface area contributed by atoms with Crippen LogP contribution < -0.4 is 11.2 Å². The summed E-state index contributed by atoms with van der Waals surface area (Å²) in [5.41, 5.74) is 10.6. The Hall–Kier alpha value is -2.74. The van der Waals surface area contributed by atoms with Crippen molar-refractivity contribution >= 4 is 28.4 Å². The predicted molar refractivity (Wildman–Crippen MR) is 83.8 cm³/mol. The zero-order valence-electron chi connectivity index (χ0n) is 12.6. The SMILES string of the molecule is NC1(C(=O)N2CC3=NNC(=O)c4cc(F)cc5[nH]c(c3c45)C2)CC1. The number of nitrogens with two attached hydrogens (primary N) is 1. The van der Waals surface area contributed by atoms with Gasteiger partial charge in [-0.05, 0) is 25.0 Å². The van der Waals surface area contributed by atoms with Gasteiger partial charge in [-0.3, -0.25) is 9.59 Å². The van der Waals surface area contributed by atoms with Crippen LogP contribution in [0, 0.1) is 5.82 Å². The van der Waals surface area contributed by atoms with E-state index in [0.29, 0.717) is 36.0 Å². The lowest BCUT2D eigenvalue weighted by molar-refractivity contribution is -0.133. The molecule has 1 aliphatic carbocycles. The zero-order chi connectivity index (χ0) is 16.6. The van der Waals surface area contributed by atoms with Gasteiger partial charge in [0, 0.05) is 16.6 Å². The maximum Gasteiger partial charge on any atom is 0.272 e. The number of H-pyrrole nitrogens is 1. The van der Waals surface area contributed by atoms with E-state index in [1.165, 1.54) is 12.1 Å². The summed E-state index contributed by atoms with van der Waals surface area (Å²) in [6, 6.07) is 2.56. The molecule has 4 N–H and O–H groups in total. The molecule has 5 rings (SSSR count). The van der Waals surface area contributed by atoms with Crippen molar-refractivity contribution in [2.45, 2.75) is 24.9 Å². The van der Waals surface area contributed by atoms with Crippen molar-refractivity contribution in [2.75, 3.05) is 6.54 Å². The van der Waals surface area contributed by atoms with Gasteiger partial charge in [-0.15, -0.1) is 0 Å². The number of hydrogen-bond donors (Lipinski definition) is 3. The van der Waals surface area contributed by atoms with Crippen LogP contribution >= 0.6 is 0 Å². The fourth-order valence-corrected chi connectivity index (χ4v) is 3.55. The number of hydrazone groups is 1. The van der Waals surface area contributed by atoms with E-state index in [2.05, 4.69) is 15.5 Å². The highest BCUT2D eigenvalue weighted by atomic mass is 19.1. The molecule has 2 amide bonds. The van der Waals surface area contributed by atoms with Crippen molar-refractivity contribution in [3.8, 4) is 0 Å². The Kier molecular flexibility index (Phi) is 2.40. The minimum absolute atomic E-state index is 0.114. The molecule has 122 valence electrons. The smallest absolute Gasteiger partial charge is 0.272 e. The molecule has 1 aromatic heterocycles. The van der Waals surface area contributed by atoms with Crippen LogP contribution in [0.5, 0.6) is 0 Å². The summed E-state index contributed by atoms with van der Waals surface area (Å²) >= 11 is 0. The van der Waals surface area contributed by atoms with Crippen molar-refractivity contribution in [1.29, 1.82) is 0 Å². The Morgan fingerprint density at radius 1 is 1.33 bits per heavy atom. The van der Waals surface area contributed by atoms with Crippen LogP contribution in [-0.4, -0.2) is 39.5 Å². The quantitative estimate of drug-likeness (QED) is 0.714. The Balaban J connectivity index is 1.70. The average Bonchev–Trinajstić information content (AvgIpc) is 3.22. The molecule has 0 unspecified atom stereocenters. The van der Waals surface area contributed by atoms with E-state index in [0.717, 1.165) is 11.3 Å². The van der Waals surface area contributed by atoms with Gasteiger partial charge in [0.2, 0.25) is 5.91 Å². The third kappa shape index (κ3) is 1.71. The van der Waals surface area contributed by atoms with E-state index in [1.807, 2.05) is 0 Å². The fraction of sp³-hybridized carbons (Fsp3) is 0.312. The number of nitrogens with zero attached hydrogens (tertiary/aromatic N) is 2. The average molecular weight is 327 g/mol. The van der Waals surface area contributed by atoms with Crippen LogP contribution in [-0.2, 0) is 11.3 Å². The molecule has 2 aromatic rings. The van der Waals surface area contributed by atoms with Gasteiger partial charge in [0.05, 0.1) is 35.4 Å². The molecule has 8 heteroatoms. The van der Waals surface area contributed by atoms with Crippen molar-refractivity contribution in [3.63, 3.8) is 0 Å². The van der Waals surface area contributed by atoms with Crippen LogP contribution in [0.4, 0.5) is 4.39 Å². The van der Waals surface area contributed by atoms with Gasteiger partial charge in [-0.2, -0.15) is 5.10 Å². The summed E-state index contributed by atoms with van der Waals surface area (Å²) in [6.45, 7) is 0.616. The Morgan fingerprint density at radius 3 is 2.88 bits per heavy atom. The van der Waals surface area contributed by atoms with Crippen molar-refractivity contribution < 1.29 is 14.0 Å². The molecule has 1 aromatic carbocycles. The molecule has 1 fully saturated rings. The number of halogens is 1. The highest BCUT2D eigenvalue weighted by molar-refractivity contribution is 6.21. The fourth-order valence-electron chi connectivity index (χ4n) is 3.55. The van der Waals surface area contributed by atoms with Gasteiger partial charge in [0.15, 0.2) is 0 Å². The van der Waals surface area contributed by atoms with Gasteiger partial charge in [-0.25, -0.2) is 9.82 Å². The van der Waals surface area contributed by atoms with Crippen molar-refractivity contribution in [2.24, 2.45) is 10.8 Å². The minimum atomic E-state index is -0.769. The number of rotatable bonds is 1. The van der Waals surface area contributed by atoms with Gasteiger partial charge < -0.3 is 15.6 Å². The second-order valence-corrected chi connectivity index (χ2v) is 6.67. The molecule has 0 radical (unpaired) electrons. The van der Waals surface area contributed by atoms with Crippen LogP contribution in [0.3, 0.4) is 0 Å². The number of hydrogen-bond acceptors (Lipinski definition) is 4. The van der Waals surface area contributed by atoms with Crippen molar-refractivity contribution in [3.05, 3.63) is 34.8 Å². The first-order chi connectivity index (χ1) is 11.5. The summed E-state index contributed by atoms with van der Waals surface area (Å²) in [4.78, 5) is 29.6. The molecule has 3 heterocycles. The summed E-state index contributed by atoms with van der Waals surface area (Å²) in [5.74, 6) is -1.07. The number of benzene rings is 1. The highest BCUT2D eigenvalue weighted by Gasteiger charge is 2.49. The minimum Gasteiger partial charge on any atom is -0.356 e. The number of aromatic amines is 1. The monoisotopic (exact) mass is 327 g/mol. The molecular weight excluding hydrogens is 313 g/mol. The molecule has 0 spiro atoms. The van der Waals surface area contributed by atoms with E-state index in [9.17, 15) is 14.0 Å². The molecule has 0 bridgehead atoms. The van der Waals surface area contributed by atoms with E-state index in [-0.39, 0.29) is 18.0 Å². The lowest BCUT2D eigenvalue weighted by Crippen LogP contribution is -2.49. The molecule has 1 saturated carbocycles. The van der Waals surface area contributed by atoms with E-state index < -0.39 is 17.3 Å². The molecule has 3 aliphatic rings. The van der Waals surface area contributed by atoms with Crippen LogP contribution in [0.25, 0.3) is 10.9 Å². The third-order valence-corrected chi connectivity index (χ3v) is 4.96. The van der Waals surface area contributed by atoms with Gasteiger partial charge in [0.1, 0.15) is 5.82 Å². The Morgan fingerprint density at radius 2 is 2.12 bits per heavy atom.